The first-order chi connectivity index (χ1) is 13.1. The molecule has 3 aromatic rings. The Kier molecular flexibility index (Phi) is 4.92. The van der Waals surface area contributed by atoms with Gasteiger partial charge in [0, 0.05) is 36.3 Å². The third-order valence-electron chi connectivity index (χ3n) is 4.59. The van der Waals surface area contributed by atoms with E-state index >= 15 is 0 Å². The zero-order valence-corrected chi connectivity index (χ0v) is 15.7. The van der Waals surface area contributed by atoms with Gasteiger partial charge in [-0.2, -0.15) is 4.98 Å². The highest BCUT2D eigenvalue weighted by molar-refractivity contribution is 6.30. The third kappa shape index (κ3) is 4.02. The molecule has 0 radical (unpaired) electrons. The second kappa shape index (κ2) is 7.50. The quantitative estimate of drug-likeness (QED) is 0.740. The van der Waals surface area contributed by atoms with Crippen LogP contribution in [0.15, 0.2) is 47.0 Å². The second-order valence-corrected chi connectivity index (χ2v) is 7.04. The standard InChI is InChI=1S/C20H19ClN4O2/c1-13(26)22-18-4-2-3-15-11-25(10-9-17(15)18)12-19-23-20(24-27-19)14-5-7-16(21)8-6-14/h2-8H,9-12H2,1H3,(H,22,26). The maximum absolute atomic E-state index is 11.4. The lowest BCUT2D eigenvalue weighted by molar-refractivity contribution is -0.114. The van der Waals surface area contributed by atoms with Gasteiger partial charge in [0.15, 0.2) is 0 Å². The Morgan fingerprint density at radius 2 is 2.07 bits per heavy atom. The first-order valence-electron chi connectivity index (χ1n) is 8.78. The second-order valence-electron chi connectivity index (χ2n) is 6.60. The van der Waals surface area contributed by atoms with Crippen molar-refractivity contribution in [3.8, 4) is 11.4 Å². The molecular formula is C20H19ClN4O2. The minimum Gasteiger partial charge on any atom is -0.338 e. The normalized spacial score (nSPS) is 14.0. The summed E-state index contributed by atoms with van der Waals surface area (Å²) in [6.45, 7) is 3.76. The van der Waals surface area contributed by atoms with E-state index in [-0.39, 0.29) is 5.91 Å². The van der Waals surface area contributed by atoms with Gasteiger partial charge in [0.05, 0.1) is 6.54 Å². The van der Waals surface area contributed by atoms with Crippen molar-refractivity contribution >= 4 is 23.2 Å². The Balaban J connectivity index is 1.46. The van der Waals surface area contributed by atoms with Gasteiger partial charge in [0.25, 0.3) is 0 Å². The number of nitrogens with one attached hydrogen (secondary N) is 1. The number of rotatable bonds is 4. The monoisotopic (exact) mass is 382 g/mol. The predicted molar refractivity (Wildman–Crippen MR) is 103 cm³/mol. The van der Waals surface area contributed by atoms with Crippen molar-refractivity contribution in [1.82, 2.24) is 15.0 Å². The molecular weight excluding hydrogens is 364 g/mol. The first kappa shape index (κ1) is 17.7. The van der Waals surface area contributed by atoms with Crippen LogP contribution in [0.1, 0.15) is 23.9 Å². The highest BCUT2D eigenvalue weighted by atomic mass is 35.5. The van der Waals surface area contributed by atoms with Gasteiger partial charge in [0.2, 0.25) is 17.6 Å². The smallest absolute Gasteiger partial charge is 0.241 e. The van der Waals surface area contributed by atoms with Gasteiger partial charge < -0.3 is 9.84 Å². The van der Waals surface area contributed by atoms with E-state index in [2.05, 4.69) is 26.4 Å². The number of benzene rings is 2. The van der Waals surface area contributed by atoms with Crippen LogP contribution in [-0.2, 0) is 24.3 Å². The van der Waals surface area contributed by atoms with E-state index in [4.69, 9.17) is 16.1 Å². The molecule has 138 valence electrons. The van der Waals surface area contributed by atoms with Crippen LogP contribution in [0.3, 0.4) is 0 Å². The Bertz CT molecular complexity index is 968. The van der Waals surface area contributed by atoms with Gasteiger partial charge in [-0.15, -0.1) is 0 Å². The van der Waals surface area contributed by atoms with E-state index in [0.717, 1.165) is 30.8 Å². The first-order valence-corrected chi connectivity index (χ1v) is 9.15. The fraction of sp³-hybridized carbons (Fsp3) is 0.250. The molecule has 0 bridgehead atoms. The molecule has 1 amide bonds. The van der Waals surface area contributed by atoms with Crippen LogP contribution in [0, 0.1) is 0 Å². The van der Waals surface area contributed by atoms with Gasteiger partial charge in [-0.1, -0.05) is 28.9 Å². The number of hydrogen-bond acceptors (Lipinski definition) is 5. The van der Waals surface area contributed by atoms with Crippen LogP contribution < -0.4 is 5.32 Å². The molecule has 4 rings (SSSR count). The number of amides is 1. The number of anilines is 1. The lowest BCUT2D eigenvalue weighted by atomic mass is 9.97. The SMILES string of the molecule is CC(=O)Nc1cccc2c1CCN(Cc1nc(-c3ccc(Cl)cc3)no1)C2. The van der Waals surface area contributed by atoms with E-state index in [0.29, 0.717) is 23.3 Å². The number of carbonyl (C=O) groups is 1. The van der Waals surface area contributed by atoms with Crippen LogP contribution in [0.2, 0.25) is 5.02 Å². The van der Waals surface area contributed by atoms with Crippen molar-refractivity contribution in [3.05, 3.63) is 64.5 Å². The molecule has 2 aromatic carbocycles. The third-order valence-corrected chi connectivity index (χ3v) is 4.84. The summed E-state index contributed by atoms with van der Waals surface area (Å²) in [6.07, 6.45) is 0.865. The van der Waals surface area contributed by atoms with Crippen LogP contribution in [-0.4, -0.2) is 27.5 Å². The average Bonchev–Trinajstić information content (AvgIpc) is 3.10. The molecule has 0 aliphatic carbocycles. The van der Waals surface area contributed by atoms with Crippen molar-refractivity contribution in [2.75, 3.05) is 11.9 Å². The fourth-order valence-electron chi connectivity index (χ4n) is 3.34. The van der Waals surface area contributed by atoms with Gasteiger partial charge in [-0.25, -0.2) is 0 Å². The Labute approximate surface area is 162 Å². The Morgan fingerprint density at radius 1 is 1.26 bits per heavy atom. The van der Waals surface area contributed by atoms with Crippen molar-refractivity contribution in [3.63, 3.8) is 0 Å². The maximum atomic E-state index is 11.4. The van der Waals surface area contributed by atoms with Gasteiger partial charge in [-0.3, -0.25) is 9.69 Å². The van der Waals surface area contributed by atoms with E-state index in [1.807, 2.05) is 24.3 Å². The van der Waals surface area contributed by atoms with E-state index in [9.17, 15) is 4.79 Å². The minimum atomic E-state index is -0.0496. The summed E-state index contributed by atoms with van der Waals surface area (Å²) >= 11 is 5.92. The van der Waals surface area contributed by atoms with Crippen LogP contribution in [0.25, 0.3) is 11.4 Å². The number of fused-ring (bicyclic) bond motifs is 1. The summed E-state index contributed by atoms with van der Waals surface area (Å²) in [5, 5.41) is 7.66. The zero-order chi connectivity index (χ0) is 18.8. The molecule has 7 heteroatoms. The summed E-state index contributed by atoms with van der Waals surface area (Å²) in [5.74, 6) is 1.10. The van der Waals surface area contributed by atoms with Crippen molar-refractivity contribution in [1.29, 1.82) is 0 Å². The Morgan fingerprint density at radius 3 is 2.85 bits per heavy atom. The number of carbonyl (C=O) groups excluding carboxylic acids is 1. The average molecular weight is 383 g/mol. The maximum Gasteiger partial charge on any atom is 0.241 e. The van der Waals surface area contributed by atoms with Gasteiger partial charge >= 0.3 is 0 Å². The molecule has 2 heterocycles. The number of halogens is 1. The summed E-state index contributed by atoms with van der Waals surface area (Å²) in [4.78, 5) is 18.1. The zero-order valence-electron chi connectivity index (χ0n) is 14.9. The van der Waals surface area contributed by atoms with E-state index in [1.165, 1.54) is 18.1 Å². The molecule has 0 unspecified atom stereocenters. The Hall–Kier alpha value is -2.70. The largest absolute Gasteiger partial charge is 0.338 e. The highest BCUT2D eigenvalue weighted by Crippen LogP contribution is 2.27. The van der Waals surface area contributed by atoms with Crippen LogP contribution in [0.5, 0.6) is 0 Å². The molecule has 0 spiro atoms. The summed E-state index contributed by atoms with van der Waals surface area (Å²) in [6, 6.07) is 13.4. The lowest BCUT2D eigenvalue weighted by Gasteiger charge is -2.28. The number of hydrogen-bond donors (Lipinski definition) is 1. The minimum absolute atomic E-state index is 0.0496. The predicted octanol–water partition coefficient (Wildman–Crippen LogP) is 3.91. The van der Waals surface area contributed by atoms with Crippen molar-refractivity contribution in [2.24, 2.45) is 0 Å². The molecule has 0 atom stereocenters. The number of aromatic nitrogens is 2. The van der Waals surface area contributed by atoms with Crippen LogP contribution in [0.4, 0.5) is 5.69 Å². The highest BCUT2D eigenvalue weighted by Gasteiger charge is 2.21. The molecule has 1 aliphatic heterocycles. The fourth-order valence-corrected chi connectivity index (χ4v) is 3.46. The summed E-state index contributed by atoms with van der Waals surface area (Å²) < 4.78 is 5.42. The molecule has 27 heavy (non-hydrogen) atoms. The molecule has 1 aromatic heterocycles. The van der Waals surface area contributed by atoms with Crippen molar-refractivity contribution in [2.45, 2.75) is 26.4 Å². The van der Waals surface area contributed by atoms with Crippen LogP contribution >= 0.6 is 11.6 Å². The molecule has 0 fully saturated rings. The molecule has 0 saturated carbocycles. The molecule has 1 aliphatic rings. The van der Waals surface area contributed by atoms with E-state index < -0.39 is 0 Å². The van der Waals surface area contributed by atoms with Crippen molar-refractivity contribution < 1.29 is 9.32 Å². The molecule has 0 saturated heterocycles. The lowest BCUT2D eigenvalue weighted by Crippen LogP contribution is -2.30. The van der Waals surface area contributed by atoms with Gasteiger partial charge in [0.1, 0.15) is 0 Å². The molecule has 1 N–H and O–H groups in total. The van der Waals surface area contributed by atoms with Gasteiger partial charge in [-0.05, 0) is 47.9 Å². The summed E-state index contributed by atoms with van der Waals surface area (Å²) in [7, 11) is 0. The van der Waals surface area contributed by atoms with E-state index in [1.54, 1.807) is 12.1 Å². The summed E-state index contributed by atoms with van der Waals surface area (Å²) in [5.41, 5.74) is 4.20. The number of nitrogens with zero attached hydrogens (tertiary/aromatic N) is 3. The topological polar surface area (TPSA) is 71.3 Å². The molecule has 6 nitrogen and oxygen atoms in total.